The van der Waals surface area contributed by atoms with Crippen molar-refractivity contribution in [3.63, 3.8) is 0 Å². The molecular formula is C18H24F3N3O. The molecule has 2 aliphatic rings. The van der Waals surface area contributed by atoms with Crippen LogP contribution in [0.4, 0.5) is 13.2 Å². The zero-order valence-corrected chi connectivity index (χ0v) is 14.2. The predicted octanol–water partition coefficient (Wildman–Crippen LogP) is 2.49. The summed E-state index contributed by atoms with van der Waals surface area (Å²) in [5, 5.41) is 3.07. The molecule has 138 valence electrons. The van der Waals surface area contributed by atoms with Crippen LogP contribution in [0.1, 0.15) is 42.7 Å². The minimum Gasteiger partial charge on any atom is -0.353 e. The maximum atomic E-state index is 12.7. The van der Waals surface area contributed by atoms with Crippen molar-refractivity contribution in [3.8, 4) is 0 Å². The molecule has 0 spiro atoms. The first-order chi connectivity index (χ1) is 11.8. The number of hydrogen-bond donors (Lipinski definition) is 2. The monoisotopic (exact) mass is 355 g/mol. The van der Waals surface area contributed by atoms with Gasteiger partial charge >= 0.3 is 6.18 Å². The van der Waals surface area contributed by atoms with E-state index in [0.717, 1.165) is 37.8 Å². The summed E-state index contributed by atoms with van der Waals surface area (Å²) in [6, 6.07) is 5.82. The second kappa shape index (κ2) is 6.96. The molecule has 2 aliphatic heterocycles. The summed E-state index contributed by atoms with van der Waals surface area (Å²) in [5.41, 5.74) is 5.53. The Balaban J connectivity index is 1.65. The van der Waals surface area contributed by atoms with E-state index in [0.29, 0.717) is 17.6 Å². The Morgan fingerprint density at radius 2 is 1.80 bits per heavy atom. The van der Waals surface area contributed by atoms with Crippen molar-refractivity contribution in [1.29, 1.82) is 0 Å². The number of carbonyl (C=O) groups excluding carboxylic acids is 1. The molecule has 2 fully saturated rings. The van der Waals surface area contributed by atoms with Gasteiger partial charge in [-0.15, -0.1) is 0 Å². The molecular weight excluding hydrogens is 331 g/mol. The minimum atomic E-state index is -4.38. The number of fused-ring (bicyclic) bond motifs is 2. The van der Waals surface area contributed by atoms with Gasteiger partial charge in [-0.3, -0.25) is 4.79 Å². The molecule has 1 aromatic rings. The lowest BCUT2D eigenvalue weighted by Crippen LogP contribution is -2.50. The van der Waals surface area contributed by atoms with Gasteiger partial charge in [-0.05, 0) is 50.4 Å². The topological polar surface area (TPSA) is 58.4 Å². The summed E-state index contributed by atoms with van der Waals surface area (Å²) < 4.78 is 38.0. The van der Waals surface area contributed by atoms with Crippen molar-refractivity contribution in [1.82, 2.24) is 10.2 Å². The fourth-order valence-electron chi connectivity index (χ4n) is 4.13. The molecule has 2 heterocycles. The Kier molecular flexibility index (Phi) is 5.06. The van der Waals surface area contributed by atoms with Gasteiger partial charge < -0.3 is 16.0 Å². The van der Waals surface area contributed by atoms with Gasteiger partial charge in [0.1, 0.15) is 0 Å². The normalized spacial score (nSPS) is 28.0. The smallest absolute Gasteiger partial charge is 0.353 e. The van der Waals surface area contributed by atoms with Crippen molar-refractivity contribution >= 4 is 5.91 Å². The molecule has 2 saturated heterocycles. The summed E-state index contributed by atoms with van der Waals surface area (Å²) in [7, 11) is 2.13. The molecule has 0 saturated carbocycles. The second-order valence-electron chi connectivity index (χ2n) is 7.14. The molecule has 3 rings (SSSR count). The number of benzene rings is 1. The van der Waals surface area contributed by atoms with Gasteiger partial charge in [0.25, 0.3) is 0 Å². The number of hydrogen-bond acceptors (Lipinski definition) is 3. The predicted molar refractivity (Wildman–Crippen MR) is 89.0 cm³/mol. The van der Waals surface area contributed by atoms with Crippen molar-refractivity contribution in [3.05, 3.63) is 35.4 Å². The Morgan fingerprint density at radius 1 is 1.24 bits per heavy atom. The first-order valence-corrected chi connectivity index (χ1v) is 8.69. The Bertz CT molecular complexity index is 603. The van der Waals surface area contributed by atoms with Crippen molar-refractivity contribution in [2.75, 3.05) is 13.6 Å². The largest absolute Gasteiger partial charge is 0.416 e. The number of halogens is 3. The van der Waals surface area contributed by atoms with Gasteiger partial charge in [0.2, 0.25) is 5.91 Å². The highest BCUT2D eigenvalue weighted by Crippen LogP contribution is 2.34. The van der Waals surface area contributed by atoms with Gasteiger partial charge in [-0.25, -0.2) is 0 Å². The van der Waals surface area contributed by atoms with Crippen LogP contribution >= 0.6 is 0 Å². The van der Waals surface area contributed by atoms with Gasteiger partial charge in [0.05, 0.1) is 11.5 Å². The van der Waals surface area contributed by atoms with E-state index in [2.05, 4.69) is 17.3 Å². The summed E-state index contributed by atoms with van der Waals surface area (Å²) in [6.07, 6.45) is -0.224. The fraction of sp³-hybridized carbons (Fsp3) is 0.611. The average Bonchev–Trinajstić information content (AvgIpc) is 2.77. The summed E-state index contributed by atoms with van der Waals surface area (Å²) in [6.45, 7) is 0.0661. The highest BCUT2D eigenvalue weighted by atomic mass is 19.4. The average molecular weight is 355 g/mol. The lowest BCUT2D eigenvalue weighted by atomic mass is 9.94. The maximum absolute atomic E-state index is 12.7. The molecule has 3 atom stereocenters. The standard InChI is InChI=1S/C18H24F3N3O/c1-24-14-6-7-15(24)9-13(8-14)23-17(25)16(10-22)11-2-4-12(5-3-11)18(19,20)21/h2-5,13-16H,6-10,22H2,1H3,(H,23,25). The maximum Gasteiger partial charge on any atom is 0.416 e. The van der Waals surface area contributed by atoms with Crippen LogP contribution in [0.25, 0.3) is 0 Å². The summed E-state index contributed by atoms with van der Waals surface area (Å²) >= 11 is 0. The van der Waals surface area contributed by atoms with Gasteiger partial charge in [0, 0.05) is 24.7 Å². The number of carbonyl (C=O) groups is 1. The fourth-order valence-corrected chi connectivity index (χ4v) is 4.13. The van der Waals surface area contributed by atoms with Crippen LogP contribution in [0.3, 0.4) is 0 Å². The van der Waals surface area contributed by atoms with E-state index in [4.69, 9.17) is 5.73 Å². The first-order valence-electron chi connectivity index (χ1n) is 8.69. The van der Waals surface area contributed by atoms with Gasteiger partial charge in [-0.2, -0.15) is 13.2 Å². The number of nitrogens with two attached hydrogens (primary N) is 1. The second-order valence-corrected chi connectivity index (χ2v) is 7.14. The molecule has 1 amide bonds. The van der Waals surface area contributed by atoms with E-state index in [-0.39, 0.29) is 18.5 Å². The number of alkyl halides is 3. The first kappa shape index (κ1) is 18.2. The number of nitrogens with one attached hydrogen (secondary N) is 1. The van der Waals surface area contributed by atoms with Crippen LogP contribution in [-0.4, -0.2) is 42.5 Å². The number of rotatable bonds is 4. The van der Waals surface area contributed by atoms with E-state index in [1.807, 2.05) is 0 Å². The van der Waals surface area contributed by atoms with Crippen LogP contribution < -0.4 is 11.1 Å². The van der Waals surface area contributed by atoms with Crippen molar-refractivity contribution < 1.29 is 18.0 Å². The van der Waals surface area contributed by atoms with E-state index < -0.39 is 17.7 Å². The SMILES string of the molecule is CN1C2CCC1CC(NC(=O)C(CN)c1ccc(C(F)(F)F)cc1)C2. The molecule has 0 radical (unpaired) electrons. The number of piperidine rings is 1. The molecule has 2 bridgehead atoms. The van der Waals surface area contributed by atoms with Crippen LogP contribution in [0, 0.1) is 0 Å². The third-order valence-electron chi connectivity index (χ3n) is 5.64. The molecule has 0 aromatic heterocycles. The van der Waals surface area contributed by atoms with E-state index in [1.54, 1.807) is 0 Å². The molecule has 25 heavy (non-hydrogen) atoms. The van der Waals surface area contributed by atoms with Crippen molar-refractivity contribution in [2.24, 2.45) is 5.73 Å². The van der Waals surface area contributed by atoms with Crippen LogP contribution in [-0.2, 0) is 11.0 Å². The molecule has 0 aliphatic carbocycles. The lowest BCUT2D eigenvalue weighted by Gasteiger charge is -2.37. The molecule has 3 N–H and O–H groups in total. The highest BCUT2D eigenvalue weighted by Gasteiger charge is 2.39. The molecule has 7 heteroatoms. The zero-order chi connectivity index (χ0) is 18.2. The summed E-state index contributed by atoms with van der Waals surface area (Å²) in [4.78, 5) is 15.0. The number of amides is 1. The minimum absolute atomic E-state index is 0.0661. The Morgan fingerprint density at radius 3 is 2.28 bits per heavy atom. The van der Waals surface area contributed by atoms with Gasteiger partial charge in [0.15, 0.2) is 0 Å². The van der Waals surface area contributed by atoms with Crippen LogP contribution in [0.5, 0.6) is 0 Å². The van der Waals surface area contributed by atoms with Crippen LogP contribution in [0.2, 0.25) is 0 Å². The van der Waals surface area contributed by atoms with E-state index >= 15 is 0 Å². The number of nitrogens with zero attached hydrogens (tertiary/aromatic N) is 1. The molecule has 4 nitrogen and oxygen atoms in total. The third kappa shape index (κ3) is 3.82. The Hall–Kier alpha value is -1.60. The lowest BCUT2D eigenvalue weighted by molar-refractivity contribution is -0.137. The molecule has 3 unspecified atom stereocenters. The van der Waals surface area contributed by atoms with E-state index in [9.17, 15) is 18.0 Å². The summed E-state index contributed by atoms with van der Waals surface area (Å²) in [5.74, 6) is -0.823. The third-order valence-corrected chi connectivity index (χ3v) is 5.64. The van der Waals surface area contributed by atoms with Gasteiger partial charge in [-0.1, -0.05) is 12.1 Å². The zero-order valence-electron chi connectivity index (χ0n) is 14.2. The Labute approximate surface area is 145 Å². The molecule has 1 aromatic carbocycles. The van der Waals surface area contributed by atoms with E-state index in [1.165, 1.54) is 12.1 Å². The quantitative estimate of drug-likeness (QED) is 0.872. The highest BCUT2D eigenvalue weighted by molar-refractivity contribution is 5.84. The van der Waals surface area contributed by atoms with Crippen LogP contribution in [0.15, 0.2) is 24.3 Å². The van der Waals surface area contributed by atoms with Crippen molar-refractivity contribution in [2.45, 2.75) is 55.9 Å².